The topological polar surface area (TPSA) is 107 Å². The quantitative estimate of drug-likeness (QED) is 0.753. The SMILES string of the molecule is COCCn1cnnc1CNC(=O)[C@@H]1CC(=O)Nc2ccc(OC)cc21. The molecule has 0 bridgehead atoms. The normalized spacial score (nSPS) is 15.9. The third kappa shape index (κ3) is 3.83. The summed E-state index contributed by atoms with van der Waals surface area (Å²) >= 11 is 0. The summed E-state index contributed by atoms with van der Waals surface area (Å²) in [4.78, 5) is 24.7. The first-order valence-electron chi connectivity index (χ1n) is 8.23. The number of ether oxygens (including phenoxy) is 2. The summed E-state index contributed by atoms with van der Waals surface area (Å²) in [6.07, 6.45) is 1.68. The van der Waals surface area contributed by atoms with Crippen molar-refractivity contribution in [2.24, 2.45) is 0 Å². The van der Waals surface area contributed by atoms with Crippen LogP contribution >= 0.6 is 0 Å². The van der Waals surface area contributed by atoms with Crippen LogP contribution in [-0.4, -0.2) is 47.4 Å². The first-order valence-corrected chi connectivity index (χ1v) is 8.23. The second kappa shape index (κ2) is 7.96. The summed E-state index contributed by atoms with van der Waals surface area (Å²) in [5.41, 5.74) is 1.37. The average Bonchev–Trinajstić information content (AvgIpc) is 3.10. The summed E-state index contributed by atoms with van der Waals surface area (Å²) in [7, 11) is 3.18. The van der Waals surface area contributed by atoms with E-state index < -0.39 is 5.92 Å². The van der Waals surface area contributed by atoms with Gasteiger partial charge in [0.2, 0.25) is 11.8 Å². The van der Waals surface area contributed by atoms with E-state index in [1.165, 1.54) is 0 Å². The highest BCUT2D eigenvalue weighted by Crippen LogP contribution is 2.35. The van der Waals surface area contributed by atoms with Gasteiger partial charge in [0.25, 0.3) is 0 Å². The van der Waals surface area contributed by atoms with Crippen LogP contribution in [0.2, 0.25) is 0 Å². The maximum absolute atomic E-state index is 12.7. The number of aromatic nitrogens is 3. The highest BCUT2D eigenvalue weighted by molar-refractivity contribution is 6.01. The van der Waals surface area contributed by atoms with Crippen molar-refractivity contribution in [2.45, 2.75) is 25.4 Å². The lowest BCUT2D eigenvalue weighted by Gasteiger charge is -2.25. The van der Waals surface area contributed by atoms with Crippen LogP contribution in [0.15, 0.2) is 24.5 Å². The zero-order chi connectivity index (χ0) is 18.5. The zero-order valence-corrected chi connectivity index (χ0v) is 14.7. The number of amides is 2. The Hall–Kier alpha value is -2.94. The van der Waals surface area contributed by atoms with Crippen LogP contribution in [0, 0.1) is 0 Å². The van der Waals surface area contributed by atoms with Crippen LogP contribution in [0.1, 0.15) is 23.7 Å². The fourth-order valence-corrected chi connectivity index (χ4v) is 2.88. The molecule has 2 amide bonds. The molecule has 3 rings (SSSR count). The minimum Gasteiger partial charge on any atom is -0.497 e. The molecular weight excluding hydrogens is 338 g/mol. The minimum absolute atomic E-state index is 0.0857. The van der Waals surface area contributed by atoms with Gasteiger partial charge in [-0.25, -0.2) is 0 Å². The number of benzene rings is 1. The van der Waals surface area contributed by atoms with Gasteiger partial charge >= 0.3 is 0 Å². The van der Waals surface area contributed by atoms with Gasteiger partial charge in [-0.1, -0.05) is 0 Å². The molecule has 0 unspecified atom stereocenters. The molecule has 1 aromatic carbocycles. The van der Waals surface area contributed by atoms with E-state index in [1.807, 2.05) is 4.57 Å². The van der Waals surface area contributed by atoms with Crippen molar-refractivity contribution >= 4 is 17.5 Å². The molecule has 2 aromatic rings. The summed E-state index contributed by atoms with van der Waals surface area (Å²) < 4.78 is 12.1. The molecule has 9 heteroatoms. The van der Waals surface area contributed by atoms with Gasteiger partial charge in [0, 0.05) is 25.8 Å². The van der Waals surface area contributed by atoms with Crippen LogP contribution in [0.3, 0.4) is 0 Å². The molecule has 0 radical (unpaired) electrons. The number of nitrogens with one attached hydrogen (secondary N) is 2. The van der Waals surface area contributed by atoms with Crippen molar-refractivity contribution in [3.63, 3.8) is 0 Å². The van der Waals surface area contributed by atoms with E-state index in [0.29, 0.717) is 30.4 Å². The van der Waals surface area contributed by atoms with Gasteiger partial charge < -0.3 is 24.7 Å². The van der Waals surface area contributed by atoms with E-state index in [2.05, 4.69) is 20.8 Å². The van der Waals surface area contributed by atoms with Crippen LogP contribution in [0.25, 0.3) is 0 Å². The molecule has 1 aliphatic heterocycles. The highest BCUT2D eigenvalue weighted by atomic mass is 16.5. The van der Waals surface area contributed by atoms with E-state index in [9.17, 15) is 9.59 Å². The third-order valence-corrected chi connectivity index (χ3v) is 4.27. The van der Waals surface area contributed by atoms with Crippen molar-refractivity contribution in [1.82, 2.24) is 20.1 Å². The number of anilines is 1. The minimum atomic E-state index is -0.579. The lowest BCUT2D eigenvalue weighted by Crippen LogP contribution is -2.35. The Morgan fingerprint density at radius 3 is 3.04 bits per heavy atom. The molecule has 0 saturated carbocycles. The van der Waals surface area contributed by atoms with E-state index in [4.69, 9.17) is 9.47 Å². The molecule has 0 spiro atoms. The van der Waals surface area contributed by atoms with Gasteiger partial charge in [0.1, 0.15) is 12.1 Å². The van der Waals surface area contributed by atoms with Crippen LogP contribution in [0.5, 0.6) is 5.75 Å². The van der Waals surface area contributed by atoms with Crippen molar-refractivity contribution in [2.75, 3.05) is 26.1 Å². The second-order valence-electron chi connectivity index (χ2n) is 5.91. The predicted octanol–water partition coefficient (Wildman–Crippen LogP) is 0.675. The summed E-state index contributed by atoms with van der Waals surface area (Å²) in [5, 5.41) is 13.5. The number of hydrogen-bond acceptors (Lipinski definition) is 6. The van der Waals surface area contributed by atoms with Gasteiger partial charge in [0.15, 0.2) is 5.82 Å². The average molecular weight is 359 g/mol. The maximum Gasteiger partial charge on any atom is 0.228 e. The molecule has 0 fully saturated rings. The second-order valence-corrected chi connectivity index (χ2v) is 5.91. The lowest BCUT2D eigenvalue weighted by atomic mass is 9.89. The number of hydrogen-bond donors (Lipinski definition) is 2. The molecule has 1 aliphatic rings. The largest absolute Gasteiger partial charge is 0.497 e. The Bertz CT molecular complexity index is 804. The van der Waals surface area contributed by atoms with Crippen LogP contribution in [0.4, 0.5) is 5.69 Å². The monoisotopic (exact) mass is 359 g/mol. The van der Waals surface area contributed by atoms with Gasteiger partial charge in [-0.05, 0) is 23.8 Å². The molecule has 9 nitrogen and oxygen atoms in total. The lowest BCUT2D eigenvalue weighted by molar-refractivity contribution is -0.126. The number of carbonyl (C=O) groups is 2. The van der Waals surface area contributed by atoms with E-state index in [-0.39, 0.29) is 24.8 Å². The first kappa shape index (κ1) is 17.9. The van der Waals surface area contributed by atoms with E-state index in [0.717, 1.165) is 5.56 Å². The third-order valence-electron chi connectivity index (χ3n) is 4.27. The van der Waals surface area contributed by atoms with Gasteiger partial charge in [-0.3, -0.25) is 9.59 Å². The molecule has 0 saturated heterocycles. The number of nitrogens with zero attached hydrogens (tertiary/aromatic N) is 3. The summed E-state index contributed by atoms with van der Waals surface area (Å²) in [6, 6.07) is 5.27. The molecule has 138 valence electrons. The van der Waals surface area contributed by atoms with Crippen molar-refractivity contribution < 1.29 is 19.1 Å². The number of rotatable bonds is 7. The van der Waals surface area contributed by atoms with Crippen molar-refractivity contribution in [3.8, 4) is 5.75 Å². The van der Waals surface area contributed by atoms with E-state index in [1.54, 1.807) is 38.7 Å². The summed E-state index contributed by atoms with van der Waals surface area (Å²) in [6.45, 7) is 1.34. The Kier molecular flexibility index (Phi) is 5.47. The van der Waals surface area contributed by atoms with Gasteiger partial charge in [0.05, 0.1) is 26.2 Å². The van der Waals surface area contributed by atoms with Crippen LogP contribution in [-0.2, 0) is 27.4 Å². The maximum atomic E-state index is 12.7. The van der Waals surface area contributed by atoms with Crippen molar-refractivity contribution in [1.29, 1.82) is 0 Å². The van der Waals surface area contributed by atoms with Gasteiger partial charge in [-0.2, -0.15) is 0 Å². The molecular formula is C17H21N5O4. The summed E-state index contributed by atoms with van der Waals surface area (Å²) in [5.74, 6) is 0.254. The smallest absolute Gasteiger partial charge is 0.228 e. The van der Waals surface area contributed by atoms with E-state index >= 15 is 0 Å². The van der Waals surface area contributed by atoms with Gasteiger partial charge in [-0.15, -0.1) is 10.2 Å². The Morgan fingerprint density at radius 2 is 2.27 bits per heavy atom. The Morgan fingerprint density at radius 1 is 1.42 bits per heavy atom. The van der Waals surface area contributed by atoms with Crippen molar-refractivity contribution in [3.05, 3.63) is 35.9 Å². The Labute approximate surface area is 150 Å². The molecule has 1 atom stereocenters. The number of carbonyl (C=O) groups excluding carboxylic acids is 2. The fraction of sp³-hybridized carbons (Fsp3) is 0.412. The molecule has 26 heavy (non-hydrogen) atoms. The predicted molar refractivity (Wildman–Crippen MR) is 92.7 cm³/mol. The Balaban J connectivity index is 1.72. The zero-order valence-electron chi connectivity index (χ0n) is 14.7. The number of methoxy groups -OCH3 is 2. The highest BCUT2D eigenvalue weighted by Gasteiger charge is 2.31. The molecule has 2 N–H and O–H groups in total. The van der Waals surface area contributed by atoms with Crippen LogP contribution < -0.4 is 15.4 Å². The fourth-order valence-electron chi connectivity index (χ4n) is 2.88. The number of fused-ring (bicyclic) bond motifs is 1. The molecule has 0 aliphatic carbocycles. The molecule has 2 heterocycles. The molecule has 1 aromatic heterocycles. The standard InChI is InChI=1S/C17H21N5O4/c1-25-6-5-22-10-19-21-15(22)9-18-17(24)13-8-16(23)20-14-4-3-11(26-2)7-12(13)14/h3-4,7,10,13H,5-6,8-9H2,1-2H3,(H,18,24)(H,20,23)/t13-/m1/s1. The first-order chi connectivity index (χ1) is 12.6.